The zero-order valence-electron chi connectivity index (χ0n) is 7.87. The van der Waals surface area contributed by atoms with Gasteiger partial charge in [-0.2, -0.15) is 0 Å². The van der Waals surface area contributed by atoms with Gasteiger partial charge in [-0.15, -0.1) is 6.42 Å². The van der Waals surface area contributed by atoms with E-state index in [-0.39, 0.29) is 0 Å². The number of ether oxygens (including phenoxy) is 1. The Kier molecular flexibility index (Phi) is 3.16. The lowest BCUT2D eigenvalue weighted by Crippen LogP contribution is -1.89. The van der Waals surface area contributed by atoms with Gasteiger partial charge in [-0.1, -0.05) is 24.1 Å². The first-order chi connectivity index (χ1) is 6.33. The normalized spacial score (nSPS) is 9.92. The number of benzene rings is 1. The highest BCUT2D eigenvalue weighted by atomic mass is 16.5. The molecular weight excluding hydrogens is 160 g/mol. The van der Waals surface area contributed by atoms with Crippen molar-refractivity contribution in [2.45, 2.75) is 6.92 Å². The quantitative estimate of drug-likeness (QED) is 0.623. The Morgan fingerprint density at radius 2 is 2.23 bits per heavy atom. The molecule has 66 valence electrons. The second-order valence-corrected chi connectivity index (χ2v) is 2.57. The Balaban J connectivity index is 3.31. The van der Waals surface area contributed by atoms with E-state index in [2.05, 4.69) is 5.92 Å². The second-order valence-electron chi connectivity index (χ2n) is 2.57. The third-order valence-corrected chi connectivity index (χ3v) is 1.77. The Bertz CT molecular complexity index is 356. The van der Waals surface area contributed by atoms with Gasteiger partial charge in [0.05, 0.1) is 7.11 Å². The van der Waals surface area contributed by atoms with Crippen LogP contribution in [0.1, 0.15) is 18.1 Å². The molecule has 0 radical (unpaired) electrons. The fourth-order valence-corrected chi connectivity index (χ4v) is 1.19. The van der Waals surface area contributed by atoms with Crippen molar-refractivity contribution in [2.24, 2.45) is 0 Å². The van der Waals surface area contributed by atoms with Gasteiger partial charge in [0.15, 0.2) is 0 Å². The van der Waals surface area contributed by atoms with Gasteiger partial charge >= 0.3 is 0 Å². The van der Waals surface area contributed by atoms with Crippen LogP contribution >= 0.6 is 0 Å². The first kappa shape index (κ1) is 9.41. The third-order valence-electron chi connectivity index (χ3n) is 1.77. The smallest absolute Gasteiger partial charge is 0.127 e. The molecule has 0 saturated heterocycles. The summed E-state index contributed by atoms with van der Waals surface area (Å²) in [5.74, 6) is 3.44. The Hall–Kier alpha value is -1.68. The molecule has 0 unspecified atom stereocenters. The maximum absolute atomic E-state index is 5.37. The van der Waals surface area contributed by atoms with E-state index in [1.54, 1.807) is 7.11 Å². The van der Waals surface area contributed by atoms with Crippen LogP contribution in [0.4, 0.5) is 0 Å². The molecule has 0 bridgehead atoms. The number of terminal acetylenes is 1. The Morgan fingerprint density at radius 1 is 1.46 bits per heavy atom. The minimum absolute atomic E-state index is 0.813. The SMILES string of the molecule is C#Cc1cccc(OC)c1/C=C\C. The van der Waals surface area contributed by atoms with E-state index in [1.807, 2.05) is 37.3 Å². The van der Waals surface area contributed by atoms with Crippen LogP contribution in [0.2, 0.25) is 0 Å². The van der Waals surface area contributed by atoms with Crippen LogP contribution in [0.5, 0.6) is 5.75 Å². The number of hydrogen-bond acceptors (Lipinski definition) is 1. The van der Waals surface area contributed by atoms with Crippen molar-refractivity contribution in [1.82, 2.24) is 0 Å². The summed E-state index contributed by atoms with van der Waals surface area (Å²) in [5, 5.41) is 0. The van der Waals surface area contributed by atoms with Crippen molar-refractivity contribution in [1.29, 1.82) is 0 Å². The van der Waals surface area contributed by atoms with E-state index in [0.717, 1.165) is 16.9 Å². The zero-order chi connectivity index (χ0) is 9.68. The average molecular weight is 172 g/mol. The van der Waals surface area contributed by atoms with Gasteiger partial charge in [-0.05, 0) is 19.1 Å². The molecule has 1 aromatic rings. The van der Waals surface area contributed by atoms with Crippen molar-refractivity contribution in [2.75, 3.05) is 7.11 Å². The van der Waals surface area contributed by atoms with Crippen molar-refractivity contribution >= 4 is 6.08 Å². The van der Waals surface area contributed by atoms with E-state index in [0.29, 0.717) is 0 Å². The van der Waals surface area contributed by atoms with Crippen LogP contribution in [-0.2, 0) is 0 Å². The number of hydrogen-bond donors (Lipinski definition) is 0. The van der Waals surface area contributed by atoms with Crippen LogP contribution in [0.3, 0.4) is 0 Å². The van der Waals surface area contributed by atoms with Gasteiger partial charge in [0.25, 0.3) is 0 Å². The largest absolute Gasteiger partial charge is 0.496 e. The minimum Gasteiger partial charge on any atom is -0.496 e. The second kappa shape index (κ2) is 4.37. The summed E-state index contributed by atoms with van der Waals surface area (Å²) in [6.45, 7) is 1.95. The van der Waals surface area contributed by atoms with Gasteiger partial charge in [0, 0.05) is 11.1 Å². The summed E-state index contributed by atoms with van der Waals surface area (Å²) in [6.07, 6.45) is 9.26. The molecule has 0 aliphatic rings. The number of rotatable bonds is 2. The number of allylic oxidation sites excluding steroid dienone is 1. The van der Waals surface area contributed by atoms with Crippen molar-refractivity contribution in [3.63, 3.8) is 0 Å². The van der Waals surface area contributed by atoms with Crippen molar-refractivity contribution in [3.05, 3.63) is 35.4 Å². The molecule has 0 atom stereocenters. The molecule has 0 fully saturated rings. The fraction of sp³-hybridized carbons (Fsp3) is 0.167. The Labute approximate surface area is 79.0 Å². The van der Waals surface area contributed by atoms with Crippen LogP contribution in [0, 0.1) is 12.3 Å². The number of methoxy groups -OCH3 is 1. The van der Waals surface area contributed by atoms with Gasteiger partial charge in [-0.3, -0.25) is 0 Å². The molecule has 0 spiro atoms. The van der Waals surface area contributed by atoms with E-state index in [1.165, 1.54) is 0 Å². The molecule has 13 heavy (non-hydrogen) atoms. The van der Waals surface area contributed by atoms with Gasteiger partial charge in [0.1, 0.15) is 5.75 Å². The fourth-order valence-electron chi connectivity index (χ4n) is 1.19. The van der Waals surface area contributed by atoms with Crippen molar-refractivity contribution < 1.29 is 4.74 Å². The van der Waals surface area contributed by atoms with Gasteiger partial charge in [-0.25, -0.2) is 0 Å². The Morgan fingerprint density at radius 3 is 2.77 bits per heavy atom. The predicted octanol–water partition coefficient (Wildman–Crippen LogP) is 2.71. The first-order valence-electron chi connectivity index (χ1n) is 4.09. The van der Waals surface area contributed by atoms with E-state index in [4.69, 9.17) is 11.2 Å². The average Bonchev–Trinajstić information content (AvgIpc) is 2.18. The lowest BCUT2D eigenvalue weighted by Gasteiger charge is -2.06. The highest BCUT2D eigenvalue weighted by Crippen LogP contribution is 2.22. The molecule has 0 aliphatic heterocycles. The van der Waals surface area contributed by atoms with Gasteiger partial charge < -0.3 is 4.74 Å². The molecule has 1 rings (SSSR count). The summed E-state index contributed by atoms with van der Waals surface area (Å²) in [4.78, 5) is 0. The highest BCUT2D eigenvalue weighted by molar-refractivity contribution is 5.64. The van der Waals surface area contributed by atoms with Gasteiger partial charge in [0.2, 0.25) is 0 Å². The molecule has 0 aliphatic carbocycles. The summed E-state index contributed by atoms with van der Waals surface area (Å²) in [5.41, 5.74) is 1.83. The van der Waals surface area contributed by atoms with Crippen LogP contribution in [0.25, 0.3) is 6.08 Å². The molecule has 0 amide bonds. The summed E-state index contributed by atoms with van der Waals surface area (Å²) < 4.78 is 5.19. The maximum Gasteiger partial charge on any atom is 0.127 e. The van der Waals surface area contributed by atoms with E-state index in [9.17, 15) is 0 Å². The van der Waals surface area contributed by atoms with E-state index < -0.39 is 0 Å². The molecule has 0 saturated carbocycles. The van der Waals surface area contributed by atoms with Crippen LogP contribution in [0.15, 0.2) is 24.3 Å². The summed E-state index contributed by atoms with van der Waals surface area (Å²) >= 11 is 0. The monoisotopic (exact) mass is 172 g/mol. The topological polar surface area (TPSA) is 9.23 Å². The molecule has 0 heterocycles. The highest BCUT2D eigenvalue weighted by Gasteiger charge is 2.02. The lowest BCUT2D eigenvalue weighted by molar-refractivity contribution is 0.413. The standard InChI is InChI=1S/C12H12O/c1-4-7-11-10(5-2)8-6-9-12(11)13-3/h2,4,6-9H,1,3H3/b7-4-. The first-order valence-corrected chi connectivity index (χ1v) is 4.09. The zero-order valence-corrected chi connectivity index (χ0v) is 7.87. The maximum atomic E-state index is 5.37. The summed E-state index contributed by atoms with van der Waals surface area (Å²) in [6, 6.07) is 5.69. The minimum atomic E-state index is 0.813. The lowest BCUT2D eigenvalue weighted by atomic mass is 10.1. The molecular formula is C12H12O. The molecule has 1 nitrogen and oxygen atoms in total. The molecule has 0 N–H and O–H groups in total. The third kappa shape index (κ3) is 1.91. The summed E-state index contributed by atoms with van der Waals surface area (Å²) in [7, 11) is 1.64. The van der Waals surface area contributed by atoms with Crippen LogP contribution < -0.4 is 4.74 Å². The molecule has 0 aromatic heterocycles. The van der Waals surface area contributed by atoms with Crippen molar-refractivity contribution in [3.8, 4) is 18.1 Å². The predicted molar refractivity (Wildman–Crippen MR) is 55.6 cm³/mol. The molecule has 1 heteroatoms. The van der Waals surface area contributed by atoms with E-state index >= 15 is 0 Å². The molecule has 1 aromatic carbocycles. The van der Waals surface area contributed by atoms with Crippen LogP contribution in [-0.4, -0.2) is 7.11 Å².